The summed E-state index contributed by atoms with van der Waals surface area (Å²) in [6.07, 6.45) is 8.28. The molecule has 0 aromatic heterocycles. The monoisotopic (exact) mass is 311 g/mol. The molecule has 1 aliphatic carbocycles. The summed E-state index contributed by atoms with van der Waals surface area (Å²) in [6, 6.07) is 10.4. The van der Waals surface area contributed by atoms with Crippen molar-refractivity contribution in [2.75, 3.05) is 6.54 Å². The second-order valence-electron chi connectivity index (χ2n) is 6.52. The molecule has 23 heavy (non-hydrogen) atoms. The molecule has 1 saturated carbocycles. The second kappa shape index (κ2) is 9.55. The molecule has 0 spiro atoms. The average Bonchev–Trinajstić information content (AvgIpc) is 3.39. The van der Waals surface area contributed by atoms with E-state index in [1.54, 1.807) is 0 Å². The first kappa shape index (κ1) is 17.8. The number of allylic oxidation sites excluding steroid dienone is 1. The van der Waals surface area contributed by atoms with Crippen LogP contribution in [0, 0.1) is 23.7 Å². The van der Waals surface area contributed by atoms with Crippen LogP contribution in [0.25, 0.3) is 0 Å². The van der Waals surface area contributed by atoms with Crippen LogP contribution in [0.3, 0.4) is 0 Å². The lowest BCUT2D eigenvalue weighted by atomic mass is 9.95. The van der Waals surface area contributed by atoms with Gasteiger partial charge in [0.15, 0.2) is 0 Å². The van der Waals surface area contributed by atoms with Gasteiger partial charge in [-0.2, -0.15) is 0 Å². The van der Waals surface area contributed by atoms with Crippen molar-refractivity contribution in [2.24, 2.45) is 11.8 Å². The minimum absolute atomic E-state index is 0.0501. The molecule has 0 amide bonds. The Morgan fingerprint density at radius 1 is 1.30 bits per heavy atom. The third-order valence-electron chi connectivity index (χ3n) is 4.19. The molecule has 2 nitrogen and oxygen atoms in total. The molecule has 2 heteroatoms. The molecular weight excluding hydrogens is 282 g/mol. The van der Waals surface area contributed by atoms with E-state index in [0.29, 0.717) is 12.5 Å². The second-order valence-corrected chi connectivity index (χ2v) is 6.52. The first-order chi connectivity index (χ1) is 11.2. The van der Waals surface area contributed by atoms with Crippen molar-refractivity contribution in [1.82, 2.24) is 5.32 Å². The molecule has 3 unspecified atom stereocenters. The number of aliphatic hydroxyl groups excluding tert-OH is 1. The third kappa shape index (κ3) is 7.03. The van der Waals surface area contributed by atoms with Gasteiger partial charge in [-0.05, 0) is 37.2 Å². The largest absolute Gasteiger partial charge is 0.392 e. The highest BCUT2D eigenvalue weighted by Crippen LogP contribution is 2.27. The zero-order valence-corrected chi connectivity index (χ0v) is 14.3. The molecule has 0 heterocycles. The van der Waals surface area contributed by atoms with Gasteiger partial charge in [-0.25, -0.2) is 0 Å². The van der Waals surface area contributed by atoms with E-state index in [-0.39, 0.29) is 18.1 Å². The molecule has 124 valence electrons. The summed E-state index contributed by atoms with van der Waals surface area (Å²) in [5.41, 5.74) is 1.27. The lowest BCUT2D eigenvalue weighted by Gasteiger charge is -2.20. The highest BCUT2D eigenvalue weighted by Gasteiger charge is 2.19. The lowest BCUT2D eigenvalue weighted by Crippen LogP contribution is -2.37. The van der Waals surface area contributed by atoms with Gasteiger partial charge < -0.3 is 5.11 Å². The van der Waals surface area contributed by atoms with E-state index >= 15 is 0 Å². The third-order valence-corrected chi connectivity index (χ3v) is 4.19. The van der Waals surface area contributed by atoms with E-state index in [1.807, 2.05) is 18.2 Å². The van der Waals surface area contributed by atoms with Gasteiger partial charge >= 0.3 is 0 Å². The predicted octanol–water partition coefficient (Wildman–Crippen LogP) is 3.56. The maximum Gasteiger partial charge on any atom is 0.0876 e. The molecule has 0 radical (unpaired) electrons. The van der Waals surface area contributed by atoms with Crippen LogP contribution in [0.5, 0.6) is 0 Å². The van der Waals surface area contributed by atoms with Crippen LogP contribution in [0.2, 0.25) is 0 Å². The Morgan fingerprint density at radius 3 is 2.70 bits per heavy atom. The topological polar surface area (TPSA) is 32.3 Å². The molecule has 2 rings (SSSR count). The van der Waals surface area contributed by atoms with Crippen molar-refractivity contribution in [3.63, 3.8) is 0 Å². The van der Waals surface area contributed by atoms with Gasteiger partial charge in [0.1, 0.15) is 0 Å². The van der Waals surface area contributed by atoms with Gasteiger partial charge in [-0.3, -0.25) is 5.32 Å². The van der Waals surface area contributed by atoms with E-state index in [4.69, 9.17) is 0 Å². The molecule has 0 saturated heterocycles. The van der Waals surface area contributed by atoms with Crippen molar-refractivity contribution in [3.05, 3.63) is 48.0 Å². The van der Waals surface area contributed by atoms with Crippen LogP contribution in [0.15, 0.2) is 42.5 Å². The number of aliphatic hydroxyl groups is 1. The fourth-order valence-electron chi connectivity index (χ4n) is 2.45. The Morgan fingerprint density at radius 2 is 2.04 bits per heavy atom. The highest BCUT2D eigenvalue weighted by atomic mass is 16.3. The minimum Gasteiger partial charge on any atom is -0.392 e. The number of rotatable bonds is 8. The highest BCUT2D eigenvalue weighted by molar-refractivity contribution is 5.20. The quantitative estimate of drug-likeness (QED) is 0.568. The predicted molar refractivity (Wildman–Crippen MR) is 97.0 cm³/mol. The zero-order chi connectivity index (χ0) is 16.5. The molecular formula is C21H29NO. The van der Waals surface area contributed by atoms with Gasteiger partial charge in [0.25, 0.3) is 0 Å². The van der Waals surface area contributed by atoms with Gasteiger partial charge in [-0.15, -0.1) is 0 Å². The van der Waals surface area contributed by atoms with Crippen molar-refractivity contribution < 1.29 is 5.11 Å². The maximum absolute atomic E-state index is 10.4. The molecule has 1 aromatic rings. The van der Waals surface area contributed by atoms with E-state index in [1.165, 1.54) is 18.4 Å². The van der Waals surface area contributed by atoms with E-state index in [9.17, 15) is 5.11 Å². The van der Waals surface area contributed by atoms with Crippen LogP contribution < -0.4 is 5.32 Å². The van der Waals surface area contributed by atoms with Gasteiger partial charge in [0, 0.05) is 12.5 Å². The van der Waals surface area contributed by atoms with Crippen LogP contribution >= 0.6 is 0 Å². The first-order valence-corrected chi connectivity index (χ1v) is 8.82. The molecule has 2 N–H and O–H groups in total. The number of hydrogen-bond acceptors (Lipinski definition) is 2. The Kier molecular flexibility index (Phi) is 7.39. The molecule has 0 aliphatic heterocycles. The standard InChI is InChI=1S/C21H29NO/c1-3-4-10-20(14-13-18-11-12-18)22-16-21(23)17(2)15-19-8-6-5-7-9-19/h4-10,17-18,20-23H,3,11-12,15-16H2,1-2H3. The molecule has 3 atom stereocenters. The fraction of sp³-hybridized carbons (Fsp3) is 0.524. The van der Waals surface area contributed by atoms with E-state index < -0.39 is 0 Å². The van der Waals surface area contributed by atoms with Crippen LogP contribution in [0.4, 0.5) is 0 Å². The smallest absolute Gasteiger partial charge is 0.0876 e. The zero-order valence-electron chi connectivity index (χ0n) is 14.3. The van der Waals surface area contributed by atoms with Crippen LogP contribution in [-0.2, 0) is 6.42 Å². The number of benzene rings is 1. The Hall–Kier alpha value is -1.56. The van der Waals surface area contributed by atoms with E-state index in [2.05, 4.69) is 55.3 Å². The Balaban J connectivity index is 1.81. The van der Waals surface area contributed by atoms with E-state index in [0.717, 1.165) is 12.8 Å². The number of nitrogens with one attached hydrogen (secondary N) is 1. The Bertz CT molecular complexity index is 536. The lowest BCUT2D eigenvalue weighted by molar-refractivity contribution is 0.114. The first-order valence-electron chi connectivity index (χ1n) is 8.82. The van der Waals surface area contributed by atoms with Gasteiger partial charge in [-0.1, -0.05) is 68.2 Å². The van der Waals surface area contributed by atoms with Crippen LogP contribution in [0.1, 0.15) is 38.7 Å². The van der Waals surface area contributed by atoms with Crippen molar-refractivity contribution in [2.45, 2.75) is 51.7 Å². The molecule has 1 aromatic carbocycles. The van der Waals surface area contributed by atoms with Crippen molar-refractivity contribution in [1.29, 1.82) is 0 Å². The van der Waals surface area contributed by atoms with Crippen molar-refractivity contribution >= 4 is 0 Å². The minimum atomic E-state index is -0.365. The van der Waals surface area contributed by atoms with Gasteiger partial charge in [0.2, 0.25) is 0 Å². The average molecular weight is 311 g/mol. The maximum atomic E-state index is 10.4. The fourth-order valence-corrected chi connectivity index (χ4v) is 2.45. The summed E-state index contributed by atoms with van der Waals surface area (Å²) in [4.78, 5) is 0. The Labute approximate surface area is 141 Å². The summed E-state index contributed by atoms with van der Waals surface area (Å²) in [7, 11) is 0. The summed E-state index contributed by atoms with van der Waals surface area (Å²) >= 11 is 0. The van der Waals surface area contributed by atoms with Crippen molar-refractivity contribution in [3.8, 4) is 11.8 Å². The summed E-state index contributed by atoms with van der Waals surface area (Å²) in [5, 5.41) is 13.8. The molecule has 0 bridgehead atoms. The summed E-state index contributed by atoms with van der Waals surface area (Å²) in [5.74, 6) is 7.44. The SMILES string of the molecule is CCC=CC(C#CC1CC1)NCC(O)C(C)Cc1ccccc1. The van der Waals surface area contributed by atoms with Crippen LogP contribution in [-0.4, -0.2) is 23.8 Å². The number of hydrogen-bond donors (Lipinski definition) is 2. The van der Waals surface area contributed by atoms with Gasteiger partial charge in [0.05, 0.1) is 12.1 Å². The molecule has 1 fully saturated rings. The summed E-state index contributed by atoms with van der Waals surface area (Å²) < 4.78 is 0. The molecule has 1 aliphatic rings. The summed E-state index contributed by atoms with van der Waals surface area (Å²) in [6.45, 7) is 4.80. The normalized spacial score (nSPS) is 18.2.